The van der Waals surface area contributed by atoms with Gasteiger partial charge in [0.2, 0.25) is 5.91 Å². The van der Waals surface area contributed by atoms with Gasteiger partial charge < -0.3 is 10.0 Å². The van der Waals surface area contributed by atoms with E-state index in [1.165, 1.54) is 11.1 Å². The summed E-state index contributed by atoms with van der Waals surface area (Å²) in [5.74, 6) is 1.23. The quantitative estimate of drug-likeness (QED) is 0.867. The standard InChI is InChI=1S/C17H25NO2/c1-4-18(9-10-19)17(20)16-11-15(16)14-7-5-13(6-8-14)12(2)3/h5-8,12,15-16,19H,4,9-11H2,1-3H3. The van der Waals surface area contributed by atoms with Crippen molar-refractivity contribution in [2.24, 2.45) is 5.92 Å². The van der Waals surface area contributed by atoms with E-state index in [9.17, 15) is 4.79 Å². The molecule has 0 spiro atoms. The fourth-order valence-corrected chi connectivity index (χ4v) is 2.74. The fourth-order valence-electron chi connectivity index (χ4n) is 2.74. The number of likely N-dealkylation sites (N-methyl/N-ethyl adjacent to an activating group) is 1. The van der Waals surface area contributed by atoms with E-state index in [1.54, 1.807) is 4.90 Å². The summed E-state index contributed by atoms with van der Waals surface area (Å²) in [6.45, 7) is 7.50. The topological polar surface area (TPSA) is 40.5 Å². The monoisotopic (exact) mass is 275 g/mol. The van der Waals surface area contributed by atoms with E-state index in [-0.39, 0.29) is 18.4 Å². The normalized spacial score (nSPS) is 21.1. The Morgan fingerprint density at radius 1 is 1.35 bits per heavy atom. The van der Waals surface area contributed by atoms with Crippen LogP contribution in [-0.4, -0.2) is 35.6 Å². The van der Waals surface area contributed by atoms with E-state index in [4.69, 9.17) is 5.11 Å². The van der Waals surface area contributed by atoms with Crippen molar-refractivity contribution in [3.8, 4) is 0 Å². The summed E-state index contributed by atoms with van der Waals surface area (Å²) >= 11 is 0. The lowest BCUT2D eigenvalue weighted by molar-refractivity contribution is -0.133. The number of carbonyl (C=O) groups is 1. The Balaban J connectivity index is 1.98. The number of rotatable bonds is 6. The van der Waals surface area contributed by atoms with Gasteiger partial charge in [-0.25, -0.2) is 0 Å². The molecule has 2 rings (SSSR count). The molecule has 1 aromatic rings. The van der Waals surface area contributed by atoms with Gasteiger partial charge in [-0.1, -0.05) is 38.1 Å². The summed E-state index contributed by atoms with van der Waals surface area (Å²) in [7, 11) is 0. The summed E-state index contributed by atoms with van der Waals surface area (Å²) in [5.41, 5.74) is 2.61. The van der Waals surface area contributed by atoms with Crippen LogP contribution in [0.25, 0.3) is 0 Å². The molecule has 0 heterocycles. The Morgan fingerprint density at radius 3 is 2.50 bits per heavy atom. The van der Waals surface area contributed by atoms with Gasteiger partial charge in [0.25, 0.3) is 0 Å². The average Bonchev–Trinajstić information content (AvgIpc) is 3.24. The zero-order valence-corrected chi connectivity index (χ0v) is 12.7. The summed E-state index contributed by atoms with van der Waals surface area (Å²) in [5, 5.41) is 8.99. The molecule has 1 saturated carbocycles. The molecule has 0 aromatic heterocycles. The summed E-state index contributed by atoms with van der Waals surface area (Å²) in [4.78, 5) is 14.1. The second-order valence-electron chi connectivity index (χ2n) is 5.91. The van der Waals surface area contributed by atoms with Gasteiger partial charge in [-0.05, 0) is 36.3 Å². The number of hydrogen-bond donors (Lipinski definition) is 1. The Bertz CT molecular complexity index is 453. The van der Waals surface area contributed by atoms with Crippen LogP contribution in [0.3, 0.4) is 0 Å². The van der Waals surface area contributed by atoms with Crippen LogP contribution in [0.5, 0.6) is 0 Å². The Kier molecular flexibility index (Phi) is 4.81. The zero-order valence-electron chi connectivity index (χ0n) is 12.7. The van der Waals surface area contributed by atoms with Gasteiger partial charge in [0, 0.05) is 19.0 Å². The van der Waals surface area contributed by atoms with Crippen molar-refractivity contribution in [2.45, 2.75) is 39.0 Å². The van der Waals surface area contributed by atoms with Crippen molar-refractivity contribution >= 4 is 5.91 Å². The summed E-state index contributed by atoms with van der Waals surface area (Å²) in [6.07, 6.45) is 0.946. The number of aliphatic hydroxyl groups excluding tert-OH is 1. The number of hydrogen-bond acceptors (Lipinski definition) is 2. The van der Waals surface area contributed by atoms with Gasteiger partial charge in [0.1, 0.15) is 0 Å². The molecule has 0 radical (unpaired) electrons. The minimum absolute atomic E-state index is 0.0417. The zero-order chi connectivity index (χ0) is 14.7. The van der Waals surface area contributed by atoms with Gasteiger partial charge in [0.05, 0.1) is 6.61 Å². The highest BCUT2D eigenvalue weighted by molar-refractivity contribution is 5.83. The minimum Gasteiger partial charge on any atom is -0.395 e. The minimum atomic E-state index is 0.0417. The van der Waals surface area contributed by atoms with Crippen molar-refractivity contribution < 1.29 is 9.90 Å². The van der Waals surface area contributed by atoms with E-state index >= 15 is 0 Å². The van der Waals surface area contributed by atoms with Crippen molar-refractivity contribution in [3.63, 3.8) is 0 Å². The van der Waals surface area contributed by atoms with Crippen LogP contribution in [0.15, 0.2) is 24.3 Å². The number of nitrogens with zero attached hydrogens (tertiary/aromatic N) is 1. The van der Waals surface area contributed by atoms with Gasteiger partial charge in [-0.15, -0.1) is 0 Å². The molecule has 0 saturated heterocycles. The number of amides is 1. The molecule has 1 aliphatic rings. The number of aliphatic hydroxyl groups is 1. The molecular weight excluding hydrogens is 250 g/mol. The third-order valence-electron chi connectivity index (χ3n) is 4.20. The molecule has 20 heavy (non-hydrogen) atoms. The van der Waals surface area contributed by atoms with E-state index in [2.05, 4.69) is 38.1 Å². The lowest BCUT2D eigenvalue weighted by Gasteiger charge is -2.19. The molecule has 1 amide bonds. The van der Waals surface area contributed by atoms with E-state index in [1.807, 2.05) is 6.92 Å². The van der Waals surface area contributed by atoms with Crippen molar-refractivity contribution in [3.05, 3.63) is 35.4 Å². The molecule has 2 unspecified atom stereocenters. The predicted molar refractivity (Wildman–Crippen MR) is 80.7 cm³/mol. The maximum atomic E-state index is 12.3. The first kappa shape index (κ1) is 15.0. The molecule has 0 bridgehead atoms. The van der Waals surface area contributed by atoms with Crippen LogP contribution >= 0.6 is 0 Å². The molecule has 0 aliphatic heterocycles. The second kappa shape index (κ2) is 6.40. The highest BCUT2D eigenvalue weighted by Crippen LogP contribution is 2.48. The van der Waals surface area contributed by atoms with Crippen LogP contribution in [0.1, 0.15) is 50.2 Å². The number of benzene rings is 1. The first-order chi connectivity index (χ1) is 9.58. The lowest BCUT2D eigenvalue weighted by atomic mass is 10.00. The SMILES string of the molecule is CCN(CCO)C(=O)C1CC1c1ccc(C(C)C)cc1. The molecule has 1 aliphatic carbocycles. The van der Waals surface area contributed by atoms with Crippen molar-refractivity contribution in [1.29, 1.82) is 0 Å². The summed E-state index contributed by atoms with van der Waals surface area (Å²) < 4.78 is 0. The van der Waals surface area contributed by atoms with E-state index in [0.29, 0.717) is 24.9 Å². The number of carbonyl (C=O) groups excluding carboxylic acids is 1. The maximum Gasteiger partial charge on any atom is 0.226 e. The summed E-state index contributed by atoms with van der Waals surface area (Å²) in [6, 6.07) is 8.67. The van der Waals surface area contributed by atoms with Crippen molar-refractivity contribution in [1.82, 2.24) is 4.90 Å². The molecule has 3 heteroatoms. The van der Waals surface area contributed by atoms with E-state index < -0.39 is 0 Å². The predicted octanol–water partition coefficient (Wildman–Crippen LogP) is 2.75. The first-order valence-electron chi connectivity index (χ1n) is 7.58. The first-order valence-corrected chi connectivity index (χ1v) is 7.58. The largest absolute Gasteiger partial charge is 0.395 e. The van der Waals surface area contributed by atoms with Gasteiger partial charge in [0.15, 0.2) is 0 Å². The molecular formula is C17H25NO2. The van der Waals surface area contributed by atoms with Crippen LogP contribution in [0.2, 0.25) is 0 Å². The molecule has 1 fully saturated rings. The maximum absolute atomic E-state index is 12.3. The molecule has 2 atom stereocenters. The van der Waals surface area contributed by atoms with Crippen LogP contribution in [-0.2, 0) is 4.79 Å². The van der Waals surface area contributed by atoms with Crippen LogP contribution < -0.4 is 0 Å². The van der Waals surface area contributed by atoms with E-state index in [0.717, 1.165) is 6.42 Å². The molecule has 1 aromatic carbocycles. The van der Waals surface area contributed by atoms with Gasteiger partial charge in [-0.2, -0.15) is 0 Å². The lowest BCUT2D eigenvalue weighted by Crippen LogP contribution is -2.34. The highest BCUT2D eigenvalue weighted by Gasteiger charge is 2.45. The second-order valence-corrected chi connectivity index (χ2v) is 5.91. The fraction of sp³-hybridized carbons (Fsp3) is 0.588. The molecule has 110 valence electrons. The Hall–Kier alpha value is -1.35. The van der Waals surface area contributed by atoms with Crippen LogP contribution in [0.4, 0.5) is 0 Å². The third-order valence-corrected chi connectivity index (χ3v) is 4.20. The Labute approximate surface area is 121 Å². The average molecular weight is 275 g/mol. The Morgan fingerprint density at radius 2 is 2.00 bits per heavy atom. The van der Waals surface area contributed by atoms with Gasteiger partial charge >= 0.3 is 0 Å². The highest BCUT2D eigenvalue weighted by atomic mass is 16.3. The van der Waals surface area contributed by atoms with Crippen molar-refractivity contribution in [2.75, 3.05) is 19.7 Å². The van der Waals surface area contributed by atoms with Crippen LogP contribution in [0, 0.1) is 5.92 Å². The van der Waals surface area contributed by atoms with Gasteiger partial charge in [-0.3, -0.25) is 4.79 Å². The smallest absolute Gasteiger partial charge is 0.226 e. The molecule has 1 N–H and O–H groups in total. The molecule has 3 nitrogen and oxygen atoms in total. The third kappa shape index (κ3) is 3.21.